The van der Waals surface area contributed by atoms with E-state index in [2.05, 4.69) is 24.1 Å². The Morgan fingerprint density at radius 3 is 2.61 bits per heavy atom. The largest absolute Gasteiger partial charge is 0.497 e. The van der Waals surface area contributed by atoms with Crippen molar-refractivity contribution in [1.82, 2.24) is 15.3 Å². The molecule has 6 heteroatoms. The van der Waals surface area contributed by atoms with Gasteiger partial charge in [-0.15, -0.1) is 0 Å². The molecule has 0 unspecified atom stereocenters. The summed E-state index contributed by atoms with van der Waals surface area (Å²) in [6, 6.07) is 15.5. The maximum atomic E-state index is 12.9. The molecule has 0 atom stereocenters. The van der Waals surface area contributed by atoms with Crippen molar-refractivity contribution in [3.8, 4) is 22.8 Å². The van der Waals surface area contributed by atoms with Gasteiger partial charge in [0.15, 0.2) is 0 Å². The first-order valence-corrected chi connectivity index (χ1v) is 10.4. The fraction of sp³-hybridized carbons (Fsp3) is 0.280. The maximum Gasteiger partial charge on any atom is 0.269 e. The average Bonchev–Trinajstić information content (AvgIpc) is 3.16. The van der Waals surface area contributed by atoms with Gasteiger partial charge in [-0.05, 0) is 42.7 Å². The summed E-state index contributed by atoms with van der Waals surface area (Å²) < 4.78 is 11.0. The summed E-state index contributed by atoms with van der Waals surface area (Å²) in [4.78, 5) is 21.2. The van der Waals surface area contributed by atoms with Crippen LogP contribution in [0.4, 0.5) is 0 Å². The van der Waals surface area contributed by atoms with Crippen molar-refractivity contribution >= 4 is 27.7 Å². The van der Waals surface area contributed by atoms with Gasteiger partial charge >= 0.3 is 0 Å². The van der Waals surface area contributed by atoms with Crippen LogP contribution >= 0.6 is 0 Å². The Morgan fingerprint density at radius 2 is 1.87 bits per heavy atom. The number of amides is 1. The number of hydrogen-bond acceptors (Lipinski definition) is 4. The van der Waals surface area contributed by atoms with E-state index in [4.69, 9.17) is 14.5 Å². The number of H-pyrrole nitrogens is 1. The molecule has 2 heterocycles. The standard InChI is InChI=1S/C25H27N3O3/c1-15(2)11-12-26-25(29)21-14-18-17-7-5-6-8-20(17)27-23(18)24(28-21)19-13-16(30-3)9-10-22(19)31-4/h5-10,13-15,27H,11-12H2,1-4H3,(H,26,29). The number of hydrogen-bond donors (Lipinski definition) is 2. The first-order chi connectivity index (χ1) is 15.0. The summed E-state index contributed by atoms with van der Waals surface area (Å²) >= 11 is 0. The monoisotopic (exact) mass is 417 g/mol. The molecule has 0 aliphatic heterocycles. The third-order valence-corrected chi connectivity index (χ3v) is 5.40. The van der Waals surface area contributed by atoms with Gasteiger partial charge in [0.05, 0.1) is 25.4 Å². The van der Waals surface area contributed by atoms with Gasteiger partial charge in [-0.25, -0.2) is 4.98 Å². The first kappa shape index (κ1) is 20.7. The quantitative estimate of drug-likeness (QED) is 0.435. The zero-order valence-electron chi connectivity index (χ0n) is 18.3. The van der Waals surface area contributed by atoms with Gasteiger partial charge in [0.1, 0.15) is 17.2 Å². The Labute approximate surface area is 181 Å². The minimum atomic E-state index is -0.184. The highest BCUT2D eigenvalue weighted by atomic mass is 16.5. The predicted octanol–water partition coefficient (Wildman–Crippen LogP) is 5.18. The van der Waals surface area contributed by atoms with E-state index >= 15 is 0 Å². The highest BCUT2D eigenvalue weighted by Crippen LogP contribution is 2.38. The van der Waals surface area contributed by atoms with Crippen molar-refractivity contribution in [2.24, 2.45) is 5.92 Å². The number of carbonyl (C=O) groups is 1. The second kappa shape index (κ2) is 8.68. The molecule has 2 aromatic carbocycles. The van der Waals surface area contributed by atoms with Gasteiger partial charge in [0.2, 0.25) is 0 Å². The molecule has 0 bridgehead atoms. The highest BCUT2D eigenvalue weighted by Gasteiger charge is 2.19. The third kappa shape index (κ3) is 4.06. The minimum absolute atomic E-state index is 0.184. The van der Waals surface area contributed by atoms with Gasteiger partial charge in [-0.2, -0.15) is 0 Å². The van der Waals surface area contributed by atoms with Crippen molar-refractivity contribution in [1.29, 1.82) is 0 Å². The number of benzene rings is 2. The van der Waals surface area contributed by atoms with Gasteiger partial charge in [-0.3, -0.25) is 4.79 Å². The molecule has 6 nitrogen and oxygen atoms in total. The van der Waals surface area contributed by atoms with Crippen LogP contribution in [0.5, 0.6) is 11.5 Å². The van der Waals surface area contributed by atoms with E-state index in [0.29, 0.717) is 35.3 Å². The Kier molecular flexibility index (Phi) is 5.80. The summed E-state index contributed by atoms with van der Waals surface area (Å²) in [7, 11) is 3.24. The molecular formula is C25H27N3O3. The molecule has 0 saturated carbocycles. The fourth-order valence-corrected chi connectivity index (χ4v) is 3.72. The van der Waals surface area contributed by atoms with Gasteiger partial charge in [-0.1, -0.05) is 32.0 Å². The normalized spacial score (nSPS) is 11.3. The molecule has 4 rings (SSSR count). The number of pyridine rings is 1. The lowest BCUT2D eigenvalue weighted by Crippen LogP contribution is -2.26. The number of carbonyl (C=O) groups excluding carboxylic acids is 1. The first-order valence-electron chi connectivity index (χ1n) is 10.4. The van der Waals surface area contributed by atoms with Crippen molar-refractivity contribution < 1.29 is 14.3 Å². The van der Waals surface area contributed by atoms with Gasteiger partial charge < -0.3 is 19.8 Å². The van der Waals surface area contributed by atoms with Gasteiger partial charge in [0, 0.05) is 28.4 Å². The number of nitrogens with one attached hydrogen (secondary N) is 2. The smallest absolute Gasteiger partial charge is 0.269 e. The van der Waals surface area contributed by atoms with Crippen LogP contribution < -0.4 is 14.8 Å². The lowest BCUT2D eigenvalue weighted by atomic mass is 10.0. The fourth-order valence-electron chi connectivity index (χ4n) is 3.72. The molecule has 2 aromatic heterocycles. The minimum Gasteiger partial charge on any atom is -0.497 e. The molecule has 2 N–H and O–H groups in total. The number of aromatic nitrogens is 2. The van der Waals surface area contributed by atoms with Crippen molar-refractivity contribution in [2.45, 2.75) is 20.3 Å². The van der Waals surface area contributed by atoms with E-state index in [-0.39, 0.29) is 5.91 Å². The molecule has 4 aromatic rings. The van der Waals surface area contributed by atoms with E-state index in [1.165, 1.54) is 0 Å². The lowest BCUT2D eigenvalue weighted by molar-refractivity contribution is 0.0947. The second-order valence-corrected chi connectivity index (χ2v) is 7.95. The summed E-state index contributed by atoms with van der Waals surface area (Å²) in [6.07, 6.45) is 0.914. The van der Waals surface area contributed by atoms with Crippen LogP contribution in [0.1, 0.15) is 30.8 Å². The molecule has 0 fully saturated rings. The predicted molar refractivity (Wildman–Crippen MR) is 124 cm³/mol. The van der Waals surface area contributed by atoms with Gasteiger partial charge in [0.25, 0.3) is 5.91 Å². The molecule has 0 aliphatic rings. The molecule has 0 spiro atoms. The molecule has 0 aliphatic carbocycles. The van der Waals surface area contributed by atoms with Crippen molar-refractivity contribution in [3.05, 3.63) is 54.2 Å². The lowest BCUT2D eigenvalue weighted by Gasteiger charge is -2.13. The molecule has 0 radical (unpaired) electrons. The molecule has 0 saturated heterocycles. The maximum absolute atomic E-state index is 12.9. The van der Waals surface area contributed by atoms with Crippen LogP contribution in [0.3, 0.4) is 0 Å². The summed E-state index contributed by atoms with van der Waals surface area (Å²) in [5, 5.41) is 4.98. The number of aromatic amines is 1. The Hall–Kier alpha value is -3.54. The second-order valence-electron chi connectivity index (χ2n) is 7.95. The number of fused-ring (bicyclic) bond motifs is 3. The van der Waals surface area contributed by atoms with E-state index < -0.39 is 0 Å². The van der Waals surface area contributed by atoms with E-state index in [9.17, 15) is 4.79 Å². The molecule has 31 heavy (non-hydrogen) atoms. The zero-order chi connectivity index (χ0) is 22.0. The number of ether oxygens (including phenoxy) is 2. The topological polar surface area (TPSA) is 76.2 Å². The number of rotatable bonds is 7. The van der Waals surface area contributed by atoms with Crippen LogP contribution in [0.2, 0.25) is 0 Å². The Morgan fingerprint density at radius 1 is 1.06 bits per heavy atom. The molecule has 1 amide bonds. The SMILES string of the molecule is COc1ccc(OC)c(-c2nc(C(=O)NCCC(C)C)cc3c2[nH]c2ccccc23)c1. The third-order valence-electron chi connectivity index (χ3n) is 5.40. The summed E-state index contributed by atoms with van der Waals surface area (Å²) in [5.41, 5.74) is 3.63. The van der Waals surface area contributed by atoms with Crippen LogP contribution in [0, 0.1) is 5.92 Å². The number of para-hydroxylation sites is 1. The van der Waals surface area contributed by atoms with Crippen LogP contribution in [0.25, 0.3) is 33.1 Å². The van der Waals surface area contributed by atoms with Crippen LogP contribution in [-0.2, 0) is 0 Å². The van der Waals surface area contributed by atoms with Crippen LogP contribution in [0.15, 0.2) is 48.5 Å². The average molecular weight is 418 g/mol. The number of methoxy groups -OCH3 is 2. The van der Waals surface area contributed by atoms with Crippen LogP contribution in [-0.4, -0.2) is 36.6 Å². The van der Waals surface area contributed by atoms with E-state index in [1.807, 2.05) is 48.5 Å². The molecular weight excluding hydrogens is 390 g/mol. The van der Waals surface area contributed by atoms with Crippen molar-refractivity contribution in [3.63, 3.8) is 0 Å². The van der Waals surface area contributed by atoms with E-state index in [0.717, 1.165) is 33.8 Å². The number of nitrogens with zero attached hydrogens (tertiary/aromatic N) is 1. The summed E-state index contributed by atoms with van der Waals surface area (Å²) in [6.45, 7) is 4.88. The highest BCUT2D eigenvalue weighted by molar-refractivity contribution is 6.13. The molecule has 160 valence electrons. The van der Waals surface area contributed by atoms with E-state index in [1.54, 1.807) is 14.2 Å². The zero-order valence-corrected chi connectivity index (χ0v) is 18.3. The Balaban J connectivity index is 1.92. The Bertz CT molecular complexity index is 1240. The van der Waals surface area contributed by atoms with Crippen molar-refractivity contribution in [2.75, 3.05) is 20.8 Å². The summed E-state index contributed by atoms with van der Waals surface area (Å²) in [5.74, 6) is 1.68.